The van der Waals surface area contributed by atoms with E-state index < -0.39 is 0 Å². The smallest absolute Gasteiger partial charge is 0.138 e. The number of nitrogens with zero attached hydrogens (tertiary/aromatic N) is 4. The number of aromatic nitrogens is 5. The van der Waals surface area contributed by atoms with Gasteiger partial charge >= 0.3 is 0 Å². The number of H-pyrrole nitrogens is 1. The van der Waals surface area contributed by atoms with Gasteiger partial charge < -0.3 is 10.1 Å². The number of aryl methyl sites for hydroxylation is 1. The van der Waals surface area contributed by atoms with Gasteiger partial charge in [0.25, 0.3) is 0 Å². The average molecular weight is 332 g/mol. The van der Waals surface area contributed by atoms with E-state index in [2.05, 4.69) is 30.5 Å². The van der Waals surface area contributed by atoms with Crippen LogP contribution in [0.15, 0.2) is 55.2 Å². The van der Waals surface area contributed by atoms with E-state index in [0.29, 0.717) is 6.61 Å². The minimum absolute atomic E-state index is 0.471. The van der Waals surface area contributed by atoms with Crippen molar-refractivity contribution in [3.8, 4) is 5.75 Å². The zero-order chi connectivity index (χ0) is 17.1. The van der Waals surface area contributed by atoms with Gasteiger partial charge in [0.05, 0.1) is 24.3 Å². The number of benzene rings is 1. The second-order valence-electron chi connectivity index (χ2n) is 5.58. The molecule has 3 heterocycles. The van der Waals surface area contributed by atoms with Crippen LogP contribution in [0.3, 0.4) is 0 Å². The van der Waals surface area contributed by atoms with E-state index >= 15 is 0 Å². The van der Waals surface area contributed by atoms with E-state index in [0.717, 1.165) is 39.4 Å². The molecule has 0 fully saturated rings. The van der Waals surface area contributed by atoms with Crippen molar-refractivity contribution in [1.82, 2.24) is 25.1 Å². The van der Waals surface area contributed by atoms with E-state index in [1.165, 1.54) is 0 Å². The van der Waals surface area contributed by atoms with Gasteiger partial charge in [-0.15, -0.1) is 0 Å². The molecule has 0 saturated carbocycles. The first-order valence-electron chi connectivity index (χ1n) is 7.83. The summed E-state index contributed by atoms with van der Waals surface area (Å²) in [7, 11) is 0. The molecule has 25 heavy (non-hydrogen) atoms. The largest absolute Gasteiger partial charge is 0.489 e. The zero-order valence-corrected chi connectivity index (χ0v) is 13.6. The maximum Gasteiger partial charge on any atom is 0.138 e. The lowest BCUT2D eigenvalue weighted by molar-refractivity contribution is 0.306. The molecule has 0 radical (unpaired) electrons. The number of pyridine rings is 1. The predicted molar refractivity (Wildman–Crippen MR) is 94.7 cm³/mol. The number of fused-ring (bicyclic) bond motifs is 1. The molecule has 0 unspecified atom stereocenters. The van der Waals surface area contributed by atoms with Crippen molar-refractivity contribution in [3.05, 3.63) is 66.6 Å². The topological polar surface area (TPSA) is 88.6 Å². The van der Waals surface area contributed by atoms with Crippen LogP contribution in [0, 0.1) is 6.92 Å². The Hall–Kier alpha value is -3.48. The van der Waals surface area contributed by atoms with Crippen LogP contribution in [0.1, 0.15) is 11.4 Å². The van der Waals surface area contributed by atoms with Crippen molar-refractivity contribution in [3.63, 3.8) is 0 Å². The second-order valence-corrected chi connectivity index (χ2v) is 5.58. The highest BCUT2D eigenvalue weighted by Crippen LogP contribution is 2.27. The van der Waals surface area contributed by atoms with Gasteiger partial charge in [-0.25, -0.2) is 15.0 Å². The molecule has 4 aromatic rings. The maximum atomic E-state index is 5.81. The Bertz CT molecular complexity index is 982. The Kier molecular flexibility index (Phi) is 3.96. The molecule has 4 rings (SSSR count). The number of rotatable bonds is 5. The summed E-state index contributed by atoms with van der Waals surface area (Å²) in [6.45, 7) is 2.32. The van der Waals surface area contributed by atoms with Crippen LogP contribution >= 0.6 is 0 Å². The molecule has 124 valence electrons. The highest BCUT2D eigenvalue weighted by Gasteiger charge is 2.06. The fourth-order valence-electron chi connectivity index (χ4n) is 2.46. The molecule has 0 aliphatic rings. The van der Waals surface area contributed by atoms with Gasteiger partial charge in [-0.1, -0.05) is 0 Å². The highest BCUT2D eigenvalue weighted by molar-refractivity contribution is 5.93. The van der Waals surface area contributed by atoms with E-state index in [9.17, 15) is 0 Å². The number of ether oxygens (including phenoxy) is 1. The third kappa shape index (κ3) is 3.40. The van der Waals surface area contributed by atoms with Crippen LogP contribution in [0.25, 0.3) is 10.8 Å². The first-order chi connectivity index (χ1) is 12.3. The Morgan fingerprint density at radius 3 is 2.76 bits per heavy atom. The summed E-state index contributed by atoms with van der Waals surface area (Å²) in [5.74, 6) is 2.28. The van der Waals surface area contributed by atoms with E-state index in [1.54, 1.807) is 24.8 Å². The number of hydrogen-bond donors (Lipinski definition) is 2. The summed E-state index contributed by atoms with van der Waals surface area (Å²) in [4.78, 5) is 12.8. The summed E-state index contributed by atoms with van der Waals surface area (Å²) >= 11 is 0. The Morgan fingerprint density at radius 1 is 1.08 bits per heavy atom. The van der Waals surface area contributed by atoms with Gasteiger partial charge in [-0.2, -0.15) is 5.10 Å². The van der Waals surface area contributed by atoms with Crippen LogP contribution in [0.2, 0.25) is 0 Å². The average Bonchev–Trinajstić information content (AvgIpc) is 3.15. The molecule has 7 nitrogen and oxygen atoms in total. The fraction of sp³-hybridized carbons (Fsp3) is 0.111. The molecule has 0 bridgehead atoms. The minimum atomic E-state index is 0.471. The molecule has 0 aliphatic heterocycles. The van der Waals surface area contributed by atoms with E-state index in [1.807, 2.05) is 37.4 Å². The number of hydrogen-bond acceptors (Lipinski definition) is 6. The summed E-state index contributed by atoms with van der Waals surface area (Å²) < 4.78 is 5.81. The van der Waals surface area contributed by atoms with Crippen molar-refractivity contribution in [2.75, 3.05) is 5.32 Å². The molecular weight excluding hydrogens is 316 g/mol. The molecule has 0 aliphatic carbocycles. The fourth-order valence-corrected chi connectivity index (χ4v) is 2.46. The molecule has 2 N–H and O–H groups in total. The number of nitrogens with one attached hydrogen (secondary N) is 2. The summed E-state index contributed by atoms with van der Waals surface area (Å²) in [6.07, 6.45) is 8.81. The summed E-state index contributed by atoms with van der Waals surface area (Å²) in [5, 5.41) is 12.0. The molecular formula is C18H16N6O. The zero-order valence-electron chi connectivity index (χ0n) is 13.6. The minimum Gasteiger partial charge on any atom is -0.489 e. The van der Waals surface area contributed by atoms with Gasteiger partial charge in [-0.05, 0) is 36.6 Å². The van der Waals surface area contributed by atoms with Gasteiger partial charge in [0.15, 0.2) is 0 Å². The Morgan fingerprint density at radius 2 is 1.96 bits per heavy atom. The molecule has 0 atom stereocenters. The van der Waals surface area contributed by atoms with Crippen molar-refractivity contribution in [2.45, 2.75) is 13.5 Å². The number of aromatic amines is 1. The van der Waals surface area contributed by atoms with Crippen molar-refractivity contribution < 1.29 is 4.74 Å². The maximum absolute atomic E-state index is 5.81. The van der Waals surface area contributed by atoms with E-state index in [-0.39, 0.29) is 0 Å². The van der Waals surface area contributed by atoms with Crippen molar-refractivity contribution >= 4 is 22.3 Å². The first-order valence-corrected chi connectivity index (χ1v) is 7.83. The van der Waals surface area contributed by atoms with Crippen LogP contribution in [0.5, 0.6) is 5.75 Å². The molecule has 0 spiro atoms. The SMILES string of the molecule is Cc1ncc(Nc2nccc3cc(OCc4cn[nH]c4)ccc23)cn1. The Balaban J connectivity index is 1.57. The third-order valence-corrected chi connectivity index (χ3v) is 3.74. The first kappa shape index (κ1) is 15.1. The number of anilines is 2. The molecule has 1 aromatic carbocycles. The lowest BCUT2D eigenvalue weighted by Crippen LogP contribution is -1.98. The Labute approximate surface area is 144 Å². The molecule has 7 heteroatoms. The van der Waals surface area contributed by atoms with Crippen LogP contribution in [0.4, 0.5) is 11.5 Å². The second kappa shape index (κ2) is 6.56. The molecule has 0 amide bonds. The van der Waals surface area contributed by atoms with Crippen molar-refractivity contribution in [1.29, 1.82) is 0 Å². The lowest BCUT2D eigenvalue weighted by atomic mass is 10.1. The predicted octanol–water partition coefficient (Wildman–Crippen LogP) is 3.38. The normalized spacial score (nSPS) is 10.8. The quantitative estimate of drug-likeness (QED) is 0.582. The van der Waals surface area contributed by atoms with E-state index in [4.69, 9.17) is 4.74 Å². The van der Waals surface area contributed by atoms with Crippen LogP contribution in [-0.4, -0.2) is 25.1 Å². The standard InChI is InChI=1S/C18H16N6O/c1-12-20-9-15(10-21-12)24-18-17-3-2-16(6-14(17)4-5-19-18)25-11-13-7-22-23-8-13/h2-10H,11H2,1H3,(H,19,24)(H,22,23). The van der Waals surface area contributed by atoms with Crippen molar-refractivity contribution in [2.24, 2.45) is 0 Å². The van der Waals surface area contributed by atoms with Gasteiger partial charge in [0.2, 0.25) is 0 Å². The third-order valence-electron chi connectivity index (χ3n) is 3.74. The van der Waals surface area contributed by atoms with Crippen LogP contribution in [-0.2, 0) is 6.61 Å². The van der Waals surface area contributed by atoms with Crippen LogP contribution < -0.4 is 10.1 Å². The molecule has 0 saturated heterocycles. The summed E-state index contributed by atoms with van der Waals surface area (Å²) in [5.41, 5.74) is 1.79. The highest BCUT2D eigenvalue weighted by atomic mass is 16.5. The summed E-state index contributed by atoms with van der Waals surface area (Å²) in [6, 6.07) is 7.87. The monoisotopic (exact) mass is 332 g/mol. The molecule has 3 aromatic heterocycles. The van der Waals surface area contributed by atoms with Gasteiger partial charge in [0, 0.05) is 23.3 Å². The van der Waals surface area contributed by atoms with Gasteiger partial charge in [0.1, 0.15) is 24.0 Å². The lowest BCUT2D eigenvalue weighted by Gasteiger charge is -2.10. The van der Waals surface area contributed by atoms with Gasteiger partial charge in [-0.3, -0.25) is 5.10 Å².